The van der Waals surface area contributed by atoms with Gasteiger partial charge in [0.1, 0.15) is 6.17 Å². The Bertz CT molecular complexity index is 717. The van der Waals surface area contributed by atoms with Crippen molar-refractivity contribution in [3.8, 4) is 0 Å². The molecular weight excluding hydrogens is 303 g/mol. The highest BCUT2D eigenvalue weighted by molar-refractivity contribution is 6.07. The maximum absolute atomic E-state index is 15.4. The zero-order valence-corrected chi connectivity index (χ0v) is 14.5. The highest BCUT2D eigenvalue weighted by atomic mass is 19.1. The fraction of sp³-hybridized carbons (Fsp3) is 0.619. The van der Waals surface area contributed by atoms with Gasteiger partial charge in [0, 0.05) is 23.3 Å². The van der Waals surface area contributed by atoms with Gasteiger partial charge in [-0.3, -0.25) is 9.59 Å². The molecule has 6 atom stereocenters. The summed E-state index contributed by atoms with van der Waals surface area (Å²) in [6, 6.07) is 0. The summed E-state index contributed by atoms with van der Waals surface area (Å²) in [6.07, 6.45) is 3.91. The number of carbonyl (C=O) groups excluding carboxylic acids is 2. The van der Waals surface area contributed by atoms with Gasteiger partial charge in [-0.25, -0.2) is 4.39 Å². The normalized spacial score (nSPS) is 47.9. The highest BCUT2D eigenvalue weighted by Gasteiger charge is 2.64. The molecule has 4 aliphatic rings. The minimum atomic E-state index is -1.01. The first-order valence-electron chi connectivity index (χ1n) is 9.01. The molecule has 3 fully saturated rings. The van der Waals surface area contributed by atoms with Gasteiger partial charge in [-0.1, -0.05) is 32.6 Å². The van der Waals surface area contributed by atoms with E-state index in [-0.39, 0.29) is 41.2 Å². The van der Waals surface area contributed by atoms with E-state index < -0.39 is 11.6 Å². The average molecular weight is 328 g/mol. The molecule has 0 radical (unpaired) electrons. The van der Waals surface area contributed by atoms with Gasteiger partial charge in [0.15, 0.2) is 11.6 Å². The third kappa shape index (κ3) is 1.76. The molecule has 0 amide bonds. The standard InChI is InChI=1S/C21H25FO2/c1-11-12(2)19(24)21(4)10-16(22)18-15(17(11)21)6-5-13-9-14(23)7-8-20(13,18)3/h9,15-18H,1-2,5-8,10H2,3-4H3/t15-,16?,17-,18-,20-,21-/m0/s1. The van der Waals surface area contributed by atoms with Crippen LogP contribution in [0.15, 0.2) is 36.0 Å². The minimum Gasteiger partial charge on any atom is -0.295 e. The van der Waals surface area contributed by atoms with Crippen LogP contribution in [-0.4, -0.2) is 17.7 Å². The number of hydrogen-bond acceptors (Lipinski definition) is 2. The quantitative estimate of drug-likeness (QED) is 0.619. The molecule has 0 heterocycles. The van der Waals surface area contributed by atoms with Crippen molar-refractivity contribution in [3.63, 3.8) is 0 Å². The lowest BCUT2D eigenvalue weighted by Gasteiger charge is -2.57. The topological polar surface area (TPSA) is 34.1 Å². The molecule has 128 valence electrons. The van der Waals surface area contributed by atoms with Crippen molar-refractivity contribution in [2.45, 2.75) is 52.1 Å². The first-order chi connectivity index (χ1) is 11.2. The van der Waals surface area contributed by atoms with Crippen molar-refractivity contribution < 1.29 is 14.0 Å². The van der Waals surface area contributed by atoms with E-state index in [9.17, 15) is 9.59 Å². The van der Waals surface area contributed by atoms with Crippen LogP contribution in [-0.2, 0) is 9.59 Å². The third-order valence-electron chi connectivity index (χ3n) is 7.58. The lowest BCUT2D eigenvalue weighted by molar-refractivity contribution is -0.136. The van der Waals surface area contributed by atoms with Gasteiger partial charge in [-0.15, -0.1) is 0 Å². The second-order valence-electron chi connectivity index (χ2n) is 8.73. The van der Waals surface area contributed by atoms with E-state index in [1.165, 1.54) is 0 Å². The number of alkyl halides is 1. The molecule has 0 aromatic rings. The Hall–Kier alpha value is -1.51. The molecule has 0 spiro atoms. The monoisotopic (exact) mass is 328 g/mol. The summed E-state index contributed by atoms with van der Waals surface area (Å²) < 4.78 is 15.4. The van der Waals surface area contributed by atoms with Gasteiger partial charge >= 0.3 is 0 Å². The van der Waals surface area contributed by atoms with E-state index in [4.69, 9.17) is 0 Å². The van der Waals surface area contributed by atoms with Gasteiger partial charge in [-0.2, -0.15) is 0 Å². The molecule has 0 N–H and O–H groups in total. The molecule has 0 bridgehead atoms. The van der Waals surface area contributed by atoms with Gasteiger partial charge in [0.05, 0.1) is 0 Å². The number of hydrogen-bond donors (Lipinski definition) is 0. The minimum absolute atomic E-state index is 0.00510. The Balaban J connectivity index is 1.81. The molecule has 0 aliphatic heterocycles. The maximum Gasteiger partial charge on any atom is 0.169 e. The van der Waals surface area contributed by atoms with Crippen LogP contribution in [0.4, 0.5) is 4.39 Å². The summed E-state index contributed by atoms with van der Waals surface area (Å²) in [4.78, 5) is 24.5. The number of allylic oxidation sites excluding steroid dienone is 3. The Morgan fingerprint density at radius 1 is 1.17 bits per heavy atom. The van der Waals surface area contributed by atoms with Crippen LogP contribution in [0.25, 0.3) is 0 Å². The van der Waals surface area contributed by atoms with E-state index in [0.717, 1.165) is 30.4 Å². The Labute approximate surface area is 142 Å². The number of carbonyl (C=O) groups is 2. The van der Waals surface area contributed by atoms with Crippen molar-refractivity contribution in [1.82, 2.24) is 0 Å². The van der Waals surface area contributed by atoms with Crippen molar-refractivity contribution in [2.24, 2.45) is 28.6 Å². The maximum atomic E-state index is 15.4. The zero-order valence-electron chi connectivity index (χ0n) is 14.5. The van der Waals surface area contributed by atoms with Crippen molar-refractivity contribution in [1.29, 1.82) is 0 Å². The summed E-state index contributed by atoms with van der Waals surface area (Å²) in [5.41, 5.74) is 1.51. The Morgan fingerprint density at radius 3 is 2.58 bits per heavy atom. The van der Waals surface area contributed by atoms with Crippen molar-refractivity contribution in [2.75, 3.05) is 0 Å². The fourth-order valence-corrected chi connectivity index (χ4v) is 6.42. The van der Waals surface area contributed by atoms with Crippen molar-refractivity contribution >= 4 is 11.6 Å². The zero-order chi connectivity index (χ0) is 17.4. The summed E-state index contributed by atoms with van der Waals surface area (Å²) in [5, 5.41) is 0. The molecule has 2 nitrogen and oxygen atoms in total. The van der Waals surface area contributed by atoms with Gasteiger partial charge in [-0.05, 0) is 54.6 Å². The molecule has 0 aromatic heterocycles. The van der Waals surface area contributed by atoms with E-state index in [1.54, 1.807) is 6.08 Å². The van der Waals surface area contributed by atoms with Gasteiger partial charge in [0.25, 0.3) is 0 Å². The number of fused-ring (bicyclic) bond motifs is 5. The first kappa shape index (κ1) is 16.0. The lowest BCUT2D eigenvalue weighted by Crippen LogP contribution is -2.55. The van der Waals surface area contributed by atoms with E-state index >= 15 is 4.39 Å². The number of ketones is 2. The average Bonchev–Trinajstić information content (AvgIpc) is 2.68. The van der Waals surface area contributed by atoms with Crippen LogP contribution in [0.5, 0.6) is 0 Å². The number of Topliss-reactive ketones (excluding diaryl/α,β-unsaturated/α-hetero) is 1. The second kappa shape index (κ2) is 4.77. The molecule has 0 aromatic carbocycles. The smallest absolute Gasteiger partial charge is 0.169 e. The number of halogens is 1. The largest absolute Gasteiger partial charge is 0.295 e. The molecule has 3 heteroatoms. The Kier molecular flexibility index (Phi) is 3.18. The molecule has 24 heavy (non-hydrogen) atoms. The molecule has 3 saturated carbocycles. The first-order valence-corrected chi connectivity index (χ1v) is 9.01. The SMILES string of the molecule is C=C1C(=C)[C@H]2[C@@H]3CCC4=CC(=O)CC[C@]4(C)[C@@H]3C(F)C[C@]2(C)C1=O. The summed E-state index contributed by atoms with van der Waals surface area (Å²) in [7, 11) is 0. The van der Waals surface area contributed by atoms with Gasteiger partial charge < -0.3 is 0 Å². The molecule has 1 unspecified atom stereocenters. The van der Waals surface area contributed by atoms with Crippen LogP contribution in [0.3, 0.4) is 0 Å². The summed E-state index contributed by atoms with van der Waals surface area (Å²) in [6.45, 7) is 12.1. The molecular formula is C21H25FO2. The van der Waals surface area contributed by atoms with Crippen LogP contribution < -0.4 is 0 Å². The third-order valence-corrected chi connectivity index (χ3v) is 7.58. The second-order valence-corrected chi connectivity index (χ2v) is 8.73. The molecule has 0 saturated heterocycles. The van der Waals surface area contributed by atoms with E-state index in [0.29, 0.717) is 12.0 Å². The van der Waals surface area contributed by atoms with Crippen LogP contribution in [0, 0.1) is 28.6 Å². The lowest BCUT2D eigenvalue weighted by atomic mass is 9.46. The van der Waals surface area contributed by atoms with Crippen LogP contribution >= 0.6 is 0 Å². The predicted molar refractivity (Wildman–Crippen MR) is 91.0 cm³/mol. The summed E-state index contributed by atoms with van der Waals surface area (Å²) in [5.74, 6) is 0.157. The number of rotatable bonds is 0. The van der Waals surface area contributed by atoms with Crippen molar-refractivity contribution in [3.05, 3.63) is 36.0 Å². The highest BCUT2D eigenvalue weighted by Crippen LogP contribution is 2.66. The van der Waals surface area contributed by atoms with E-state index in [1.807, 2.05) is 6.92 Å². The molecule has 4 rings (SSSR count). The predicted octanol–water partition coefficient (Wildman–Crippen LogP) is 4.37. The van der Waals surface area contributed by atoms with E-state index in [2.05, 4.69) is 20.1 Å². The molecule has 4 aliphatic carbocycles. The Morgan fingerprint density at radius 2 is 1.88 bits per heavy atom. The van der Waals surface area contributed by atoms with Crippen LogP contribution in [0.1, 0.15) is 46.0 Å². The fourth-order valence-electron chi connectivity index (χ4n) is 6.42. The summed E-state index contributed by atoms with van der Waals surface area (Å²) >= 11 is 0. The van der Waals surface area contributed by atoms with Gasteiger partial charge in [0.2, 0.25) is 0 Å². The van der Waals surface area contributed by atoms with Crippen LogP contribution in [0.2, 0.25) is 0 Å².